The first kappa shape index (κ1) is 21.6. The lowest BCUT2D eigenvalue weighted by atomic mass is 10.1. The monoisotopic (exact) mass is 478 g/mol. The van der Waals surface area contributed by atoms with Gasteiger partial charge in [0.2, 0.25) is 0 Å². The van der Waals surface area contributed by atoms with Crippen molar-refractivity contribution in [3.05, 3.63) is 88.1 Å². The topological polar surface area (TPSA) is 133 Å². The normalized spacial score (nSPS) is 14.0. The van der Waals surface area contributed by atoms with Crippen LogP contribution in [0, 0.1) is 10.1 Å². The van der Waals surface area contributed by atoms with Gasteiger partial charge in [-0.2, -0.15) is 5.10 Å². The summed E-state index contributed by atoms with van der Waals surface area (Å²) in [5, 5.41) is 19.9. The number of rotatable bonds is 6. The molecule has 3 aromatic carbocycles. The maximum absolute atomic E-state index is 12.8. The van der Waals surface area contributed by atoms with E-state index in [0.717, 1.165) is 10.8 Å². The van der Waals surface area contributed by atoms with Gasteiger partial charge >= 0.3 is 0 Å². The van der Waals surface area contributed by atoms with Crippen molar-refractivity contribution in [2.45, 2.75) is 11.5 Å². The van der Waals surface area contributed by atoms with Crippen molar-refractivity contribution < 1.29 is 22.9 Å². The number of hydrogen-bond acceptors (Lipinski definition) is 7. The van der Waals surface area contributed by atoms with Crippen LogP contribution in [-0.4, -0.2) is 35.6 Å². The molecular weight excluding hydrogens is 460 g/mol. The summed E-state index contributed by atoms with van der Waals surface area (Å²) in [6.45, 7) is -0.305. The van der Waals surface area contributed by atoms with Crippen LogP contribution in [0.25, 0.3) is 16.5 Å². The molecule has 5 rings (SSSR count). The number of carbonyl (C=O) groups is 1. The van der Waals surface area contributed by atoms with Gasteiger partial charge in [-0.1, -0.05) is 36.4 Å². The van der Waals surface area contributed by atoms with Crippen molar-refractivity contribution in [3.63, 3.8) is 0 Å². The molecule has 172 valence electrons. The first-order valence-corrected chi connectivity index (χ1v) is 12.1. The minimum absolute atomic E-state index is 0.0971. The highest BCUT2D eigenvalue weighted by atomic mass is 32.2. The maximum Gasteiger partial charge on any atom is 0.269 e. The number of benzene rings is 3. The van der Waals surface area contributed by atoms with Crippen LogP contribution in [0.15, 0.2) is 66.7 Å². The van der Waals surface area contributed by atoms with E-state index < -0.39 is 20.7 Å². The predicted molar refractivity (Wildman–Crippen MR) is 125 cm³/mol. The Kier molecular flexibility index (Phi) is 5.25. The van der Waals surface area contributed by atoms with E-state index in [1.54, 1.807) is 6.07 Å². The van der Waals surface area contributed by atoms with Crippen LogP contribution in [0.5, 0.6) is 5.75 Å². The lowest BCUT2D eigenvalue weighted by molar-refractivity contribution is -0.384. The highest BCUT2D eigenvalue weighted by Gasteiger charge is 2.33. The number of nitro benzene ring substituents is 1. The molecule has 0 saturated carbocycles. The Morgan fingerprint density at radius 3 is 2.56 bits per heavy atom. The van der Waals surface area contributed by atoms with Gasteiger partial charge in [-0.3, -0.25) is 14.9 Å². The van der Waals surface area contributed by atoms with E-state index in [1.165, 1.54) is 28.9 Å². The third-order valence-corrected chi connectivity index (χ3v) is 6.90. The first-order valence-electron chi connectivity index (χ1n) is 10.3. The Labute approximate surface area is 193 Å². The van der Waals surface area contributed by atoms with E-state index in [2.05, 4.69) is 10.4 Å². The number of nitrogens with one attached hydrogen (secondary N) is 1. The van der Waals surface area contributed by atoms with E-state index in [0.29, 0.717) is 22.7 Å². The average Bonchev–Trinajstić information content (AvgIpc) is 3.29. The Morgan fingerprint density at radius 2 is 1.79 bits per heavy atom. The molecule has 0 fully saturated rings. The molecule has 0 spiro atoms. The van der Waals surface area contributed by atoms with E-state index in [9.17, 15) is 23.3 Å². The molecule has 2 heterocycles. The number of aromatic nitrogens is 2. The molecule has 11 heteroatoms. The number of hydrogen-bond donors (Lipinski definition) is 1. The van der Waals surface area contributed by atoms with Crippen molar-refractivity contribution in [3.8, 4) is 11.4 Å². The lowest BCUT2D eigenvalue weighted by Gasteiger charge is -2.12. The number of sulfone groups is 1. The van der Waals surface area contributed by atoms with Gasteiger partial charge in [0.25, 0.3) is 11.6 Å². The highest BCUT2D eigenvalue weighted by molar-refractivity contribution is 7.90. The second-order valence-corrected chi connectivity index (χ2v) is 9.87. The molecule has 0 aliphatic carbocycles. The quantitative estimate of drug-likeness (QED) is 0.332. The van der Waals surface area contributed by atoms with Crippen LogP contribution < -0.4 is 10.1 Å². The van der Waals surface area contributed by atoms with Crippen molar-refractivity contribution in [1.82, 2.24) is 9.78 Å². The van der Waals surface area contributed by atoms with Gasteiger partial charge in [0.1, 0.15) is 11.6 Å². The summed E-state index contributed by atoms with van der Waals surface area (Å²) >= 11 is 0. The molecule has 1 N–H and O–H groups in total. The molecule has 0 unspecified atom stereocenters. The summed E-state index contributed by atoms with van der Waals surface area (Å²) in [5.74, 6) is -0.239. The van der Waals surface area contributed by atoms with Crippen molar-refractivity contribution in [2.75, 3.05) is 11.9 Å². The summed E-state index contributed by atoms with van der Waals surface area (Å²) in [5.41, 5.74) is 1.09. The van der Waals surface area contributed by atoms with Gasteiger partial charge in [-0.05, 0) is 23.6 Å². The number of nitro groups is 1. The molecule has 0 radical (unpaired) electrons. The second kappa shape index (κ2) is 8.27. The van der Waals surface area contributed by atoms with Crippen LogP contribution in [0.1, 0.15) is 11.3 Å². The number of nitrogens with zero attached hydrogens (tertiary/aromatic N) is 3. The fourth-order valence-electron chi connectivity index (χ4n) is 3.91. The molecular formula is C23H18N4O6S. The second-order valence-electron chi connectivity index (χ2n) is 7.81. The SMILES string of the molecule is O=C(COc1cccc2ccccc12)Nc1c2c(nn1-c1ccc([N+](=O)[O-])cc1)CS(=O)(=O)C2. The summed E-state index contributed by atoms with van der Waals surface area (Å²) in [7, 11) is -3.36. The predicted octanol–water partition coefficient (Wildman–Crippen LogP) is 3.38. The van der Waals surface area contributed by atoms with E-state index in [4.69, 9.17) is 4.74 Å². The molecule has 10 nitrogen and oxygen atoms in total. The Balaban J connectivity index is 1.42. The van der Waals surface area contributed by atoms with Gasteiger partial charge < -0.3 is 10.1 Å². The molecule has 0 bridgehead atoms. The van der Waals surface area contributed by atoms with Gasteiger partial charge in [-0.25, -0.2) is 13.1 Å². The van der Waals surface area contributed by atoms with Gasteiger partial charge in [-0.15, -0.1) is 0 Å². The number of ether oxygens (including phenoxy) is 1. The molecule has 1 aliphatic rings. The zero-order chi connectivity index (χ0) is 23.9. The number of fused-ring (bicyclic) bond motifs is 2. The maximum atomic E-state index is 12.8. The van der Waals surface area contributed by atoms with Crippen molar-refractivity contribution in [1.29, 1.82) is 0 Å². The van der Waals surface area contributed by atoms with Crippen LogP contribution in [0.2, 0.25) is 0 Å². The first-order chi connectivity index (χ1) is 16.3. The number of anilines is 1. The van der Waals surface area contributed by atoms with Crippen LogP contribution >= 0.6 is 0 Å². The molecule has 34 heavy (non-hydrogen) atoms. The zero-order valence-corrected chi connectivity index (χ0v) is 18.5. The third-order valence-electron chi connectivity index (χ3n) is 5.46. The van der Waals surface area contributed by atoms with Gasteiger partial charge in [0.15, 0.2) is 16.4 Å². The van der Waals surface area contributed by atoms with Gasteiger partial charge in [0, 0.05) is 23.1 Å². The largest absolute Gasteiger partial charge is 0.483 e. The van der Waals surface area contributed by atoms with Gasteiger partial charge in [0.05, 0.1) is 27.8 Å². The fraction of sp³-hybridized carbons (Fsp3) is 0.130. The van der Waals surface area contributed by atoms with E-state index in [-0.39, 0.29) is 29.6 Å². The molecule has 1 aliphatic heterocycles. The minimum atomic E-state index is -3.36. The Bertz CT molecular complexity index is 1540. The van der Waals surface area contributed by atoms with E-state index in [1.807, 2.05) is 36.4 Å². The molecule has 1 amide bonds. The Hall–Kier alpha value is -4.25. The lowest BCUT2D eigenvalue weighted by Crippen LogP contribution is -2.23. The molecule has 1 aromatic heterocycles. The Morgan fingerprint density at radius 1 is 1.06 bits per heavy atom. The standard InChI is InChI=1S/C23H18N4O6S/c28-22(12-33-21-7-3-5-15-4-1-2-6-18(15)21)24-23-19-13-34(31,32)14-20(19)25-26(23)16-8-10-17(11-9-16)27(29)30/h1-11H,12-14H2,(H,24,28). The highest BCUT2D eigenvalue weighted by Crippen LogP contribution is 2.33. The molecule has 0 atom stereocenters. The minimum Gasteiger partial charge on any atom is -0.483 e. The van der Waals surface area contributed by atoms with Crippen LogP contribution in [0.4, 0.5) is 11.5 Å². The fourth-order valence-corrected chi connectivity index (χ4v) is 5.40. The summed E-state index contributed by atoms with van der Waals surface area (Å²) in [4.78, 5) is 23.2. The number of amides is 1. The summed E-state index contributed by atoms with van der Waals surface area (Å²) in [6, 6.07) is 18.7. The number of carbonyl (C=O) groups excluding carboxylic acids is 1. The average molecular weight is 478 g/mol. The third kappa shape index (κ3) is 4.08. The number of non-ortho nitro benzene ring substituents is 1. The summed E-state index contributed by atoms with van der Waals surface area (Å²) in [6.07, 6.45) is 0. The van der Waals surface area contributed by atoms with Crippen molar-refractivity contribution in [2.24, 2.45) is 0 Å². The smallest absolute Gasteiger partial charge is 0.269 e. The van der Waals surface area contributed by atoms with E-state index >= 15 is 0 Å². The van der Waals surface area contributed by atoms with Crippen molar-refractivity contribution >= 4 is 38.0 Å². The summed E-state index contributed by atoms with van der Waals surface area (Å²) < 4.78 is 31.4. The molecule has 0 saturated heterocycles. The molecule has 4 aromatic rings. The zero-order valence-electron chi connectivity index (χ0n) is 17.7. The van der Waals surface area contributed by atoms with Crippen LogP contribution in [0.3, 0.4) is 0 Å². The van der Waals surface area contributed by atoms with Crippen LogP contribution in [-0.2, 0) is 26.1 Å².